The molecule has 1 saturated heterocycles. The summed E-state index contributed by atoms with van der Waals surface area (Å²) in [4.78, 5) is 25.9. The van der Waals surface area contributed by atoms with Crippen LogP contribution in [-0.4, -0.2) is 27.7 Å². The largest absolute Gasteiger partial charge is 0.392 e. The zero-order valence-corrected chi connectivity index (χ0v) is 11.2. The first kappa shape index (κ1) is 12.5. The van der Waals surface area contributed by atoms with Gasteiger partial charge >= 0.3 is 0 Å². The summed E-state index contributed by atoms with van der Waals surface area (Å²) in [6.07, 6.45) is 1.50. The van der Waals surface area contributed by atoms with Crippen LogP contribution in [0.15, 0.2) is 0 Å². The van der Waals surface area contributed by atoms with Crippen LogP contribution in [0, 0.1) is 17.3 Å². The highest BCUT2D eigenvalue weighted by Crippen LogP contribution is 2.63. The van der Waals surface area contributed by atoms with Gasteiger partial charge in [-0.2, -0.15) is 0 Å². The number of likely N-dealkylation sites (tertiary alicyclic amines) is 1. The number of fused-ring (bicyclic) bond motifs is 1. The monoisotopic (exact) mass is 254 g/mol. The summed E-state index contributed by atoms with van der Waals surface area (Å²) in [5, 5.41) is 0. The lowest BCUT2D eigenvalue weighted by molar-refractivity contribution is -0.144. The lowest BCUT2D eigenvalue weighted by Gasteiger charge is -2.28. The second-order valence-electron chi connectivity index (χ2n) is 5.53. The number of rotatable bonds is 4. The molecule has 1 saturated carbocycles. The molecule has 0 radical (unpaired) electrons. The van der Waals surface area contributed by atoms with Crippen molar-refractivity contribution in [2.75, 3.05) is 0 Å². The molecule has 0 aromatic carbocycles. The second kappa shape index (κ2) is 3.77. The van der Waals surface area contributed by atoms with Crippen molar-refractivity contribution < 1.29 is 9.59 Å². The van der Waals surface area contributed by atoms with Gasteiger partial charge in [-0.05, 0) is 11.8 Å². The molecular weight excluding hydrogens is 236 g/mol. The highest BCUT2D eigenvalue weighted by atomic mass is 32.1. The Morgan fingerprint density at radius 3 is 2.24 bits per heavy atom. The van der Waals surface area contributed by atoms with Crippen LogP contribution in [0.5, 0.6) is 0 Å². The third kappa shape index (κ3) is 1.59. The van der Waals surface area contributed by atoms with Crippen LogP contribution >= 0.6 is 12.2 Å². The van der Waals surface area contributed by atoms with E-state index in [4.69, 9.17) is 18.0 Å². The number of carbonyl (C=O) groups is 2. The molecule has 4 nitrogen and oxygen atoms in total. The lowest BCUT2D eigenvalue weighted by atomic mass is 10.0. The first-order valence-electron chi connectivity index (χ1n) is 6.00. The van der Waals surface area contributed by atoms with Gasteiger partial charge < -0.3 is 5.73 Å². The fourth-order valence-electron chi connectivity index (χ4n) is 2.95. The Hall–Kier alpha value is -0.970. The molecule has 0 spiro atoms. The summed E-state index contributed by atoms with van der Waals surface area (Å²) in [7, 11) is 0. The fraction of sp³-hybridized carbons (Fsp3) is 0.750. The van der Waals surface area contributed by atoms with Crippen molar-refractivity contribution in [3.63, 3.8) is 0 Å². The normalized spacial score (nSPS) is 31.4. The van der Waals surface area contributed by atoms with Crippen LogP contribution in [0.1, 0.15) is 33.6 Å². The molecule has 17 heavy (non-hydrogen) atoms. The molecule has 3 atom stereocenters. The maximum Gasteiger partial charge on any atom is 0.234 e. The Labute approximate surface area is 107 Å². The summed E-state index contributed by atoms with van der Waals surface area (Å²) in [5.74, 6) is -0.472. The molecule has 94 valence electrons. The molecule has 1 aliphatic heterocycles. The van der Waals surface area contributed by atoms with Crippen LogP contribution in [0.25, 0.3) is 0 Å². The van der Waals surface area contributed by atoms with E-state index in [0.717, 1.165) is 6.42 Å². The molecule has 5 heteroatoms. The lowest BCUT2D eigenvalue weighted by Crippen LogP contribution is -2.49. The molecule has 1 aliphatic carbocycles. The van der Waals surface area contributed by atoms with Crippen molar-refractivity contribution in [1.82, 2.24) is 4.90 Å². The standard InChI is InChI=1S/C12H18N2O2S/c1-4-5-6(9(13)17)14-10(15)7-8(11(14)16)12(7,2)3/h6-8H,4-5H2,1-3H3,(H2,13,17). The molecule has 0 aromatic rings. The van der Waals surface area contributed by atoms with Crippen molar-refractivity contribution in [1.29, 1.82) is 0 Å². The third-order valence-electron chi connectivity index (χ3n) is 4.04. The van der Waals surface area contributed by atoms with E-state index in [2.05, 4.69) is 0 Å². The quantitative estimate of drug-likeness (QED) is 0.602. The van der Waals surface area contributed by atoms with E-state index in [-0.39, 0.29) is 34.1 Å². The minimum Gasteiger partial charge on any atom is -0.392 e. The maximum atomic E-state index is 12.2. The molecule has 3 unspecified atom stereocenters. The average Bonchev–Trinajstić information content (AvgIpc) is 2.67. The molecule has 2 rings (SSSR count). The number of thiocarbonyl (C=S) groups is 1. The zero-order valence-electron chi connectivity index (χ0n) is 10.4. The van der Waals surface area contributed by atoms with Gasteiger partial charge in [-0.1, -0.05) is 39.4 Å². The van der Waals surface area contributed by atoms with Crippen molar-refractivity contribution >= 4 is 29.0 Å². The number of hydrogen-bond donors (Lipinski definition) is 1. The third-order valence-corrected chi connectivity index (χ3v) is 4.31. The van der Waals surface area contributed by atoms with Crippen molar-refractivity contribution in [3.05, 3.63) is 0 Å². The topological polar surface area (TPSA) is 63.4 Å². The number of imide groups is 1. The van der Waals surface area contributed by atoms with Gasteiger partial charge in [0.2, 0.25) is 11.8 Å². The number of hydrogen-bond acceptors (Lipinski definition) is 3. The summed E-state index contributed by atoms with van der Waals surface area (Å²) in [6.45, 7) is 5.91. The SMILES string of the molecule is CCCC(C(N)=S)N1C(=O)C2C(C1=O)C2(C)C. The minimum absolute atomic E-state index is 0.0868. The first-order valence-corrected chi connectivity index (χ1v) is 6.41. The molecule has 0 bridgehead atoms. The molecule has 2 aliphatic rings. The van der Waals surface area contributed by atoms with Gasteiger partial charge in [0.1, 0.15) is 0 Å². The first-order chi connectivity index (χ1) is 7.84. The van der Waals surface area contributed by atoms with Crippen LogP contribution in [0.4, 0.5) is 0 Å². The highest BCUT2D eigenvalue weighted by molar-refractivity contribution is 7.80. The van der Waals surface area contributed by atoms with Gasteiger partial charge in [-0.15, -0.1) is 0 Å². The van der Waals surface area contributed by atoms with Gasteiger partial charge in [0, 0.05) is 0 Å². The van der Waals surface area contributed by atoms with Crippen molar-refractivity contribution in [3.8, 4) is 0 Å². The molecule has 2 fully saturated rings. The Balaban J connectivity index is 2.22. The summed E-state index contributed by atoms with van der Waals surface area (Å²) >= 11 is 4.97. The van der Waals surface area contributed by atoms with E-state index in [0.29, 0.717) is 6.42 Å². The summed E-state index contributed by atoms with van der Waals surface area (Å²) in [5.41, 5.74) is 5.47. The zero-order chi connectivity index (χ0) is 13.0. The molecule has 1 heterocycles. The van der Waals surface area contributed by atoms with E-state index in [1.807, 2.05) is 20.8 Å². The van der Waals surface area contributed by atoms with Gasteiger partial charge in [0.05, 0.1) is 22.9 Å². The highest BCUT2D eigenvalue weighted by Gasteiger charge is 2.73. The minimum atomic E-state index is -0.390. The van der Waals surface area contributed by atoms with E-state index >= 15 is 0 Å². The van der Waals surface area contributed by atoms with E-state index in [1.54, 1.807) is 0 Å². The van der Waals surface area contributed by atoms with Crippen LogP contribution < -0.4 is 5.73 Å². The van der Waals surface area contributed by atoms with Crippen LogP contribution in [-0.2, 0) is 9.59 Å². The Kier molecular flexibility index (Phi) is 2.77. The van der Waals surface area contributed by atoms with E-state index in [1.165, 1.54) is 4.90 Å². The summed E-state index contributed by atoms with van der Waals surface area (Å²) in [6, 6.07) is -0.390. The van der Waals surface area contributed by atoms with Gasteiger partial charge in [-0.25, -0.2) is 0 Å². The van der Waals surface area contributed by atoms with Gasteiger partial charge in [-0.3, -0.25) is 14.5 Å². The van der Waals surface area contributed by atoms with E-state index < -0.39 is 6.04 Å². The van der Waals surface area contributed by atoms with Crippen LogP contribution in [0.3, 0.4) is 0 Å². The van der Waals surface area contributed by atoms with Gasteiger partial charge in [0.25, 0.3) is 0 Å². The summed E-state index contributed by atoms with van der Waals surface area (Å²) < 4.78 is 0. The van der Waals surface area contributed by atoms with Crippen LogP contribution in [0.2, 0.25) is 0 Å². The van der Waals surface area contributed by atoms with E-state index in [9.17, 15) is 9.59 Å². The maximum absolute atomic E-state index is 12.2. The number of nitrogens with two attached hydrogens (primary N) is 1. The predicted molar refractivity (Wildman–Crippen MR) is 68.1 cm³/mol. The predicted octanol–water partition coefficient (Wildman–Crippen LogP) is 1.08. The molecule has 2 N–H and O–H groups in total. The molecule has 0 aromatic heterocycles. The molecule has 2 amide bonds. The molecular formula is C12H18N2O2S. The second-order valence-corrected chi connectivity index (χ2v) is 6.00. The smallest absolute Gasteiger partial charge is 0.234 e. The average molecular weight is 254 g/mol. The Bertz CT molecular complexity index is 381. The fourth-order valence-corrected chi connectivity index (χ4v) is 3.17. The number of carbonyl (C=O) groups excluding carboxylic acids is 2. The van der Waals surface area contributed by atoms with Crippen molar-refractivity contribution in [2.45, 2.75) is 39.7 Å². The number of nitrogens with zero attached hydrogens (tertiary/aromatic N) is 1. The number of piperidine rings is 1. The number of amides is 2. The Morgan fingerprint density at radius 2 is 1.88 bits per heavy atom. The van der Waals surface area contributed by atoms with Gasteiger partial charge in [0.15, 0.2) is 0 Å². The Morgan fingerprint density at radius 1 is 1.41 bits per heavy atom. The van der Waals surface area contributed by atoms with Crippen molar-refractivity contribution in [2.24, 2.45) is 23.0 Å².